The van der Waals surface area contributed by atoms with E-state index in [0.717, 1.165) is 11.3 Å². The van der Waals surface area contributed by atoms with Gasteiger partial charge in [-0.05, 0) is 50.3 Å². The van der Waals surface area contributed by atoms with Gasteiger partial charge in [-0.3, -0.25) is 0 Å². The smallest absolute Gasteiger partial charge is 0.338 e. The van der Waals surface area contributed by atoms with E-state index in [1.165, 1.54) is 0 Å². The summed E-state index contributed by atoms with van der Waals surface area (Å²) in [6.45, 7) is 3.97. The van der Waals surface area contributed by atoms with Crippen LogP contribution in [0.4, 0.5) is 0 Å². The van der Waals surface area contributed by atoms with Crippen LogP contribution < -0.4 is 15.4 Å². The van der Waals surface area contributed by atoms with Gasteiger partial charge < -0.3 is 20.1 Å². The molecule has 0 saturated heterocycles. The summed E-state index contributed by atoms with van der Waals surface area (Å²) in [6.07, 6.45) is 0. The Morgan fingerprint density at radius 2 is 1.85 bits per heavy atom. The minimum absolute atomic E-state index is 0.253. The molecule has 1 heterocycles. The zero-order chi connectivity index (χ0) is 18.5. The molecule has 0 radical (unpaired) electrons. The number of hydrogen-bond acceptors (Lipinski definition) is 4. The molecule has 0 unspecified atom stereocenters. The van der Waals surface area contributed by atoms with Gasteiger partial charge in [0.25, 0.3) is 0 Å². The number of benzene rings is 2. The number of nitrogens with one attached hydrogen (secondary N) is 2. The lowest BCUT2D eigenvalue weighted by Crippen LogP contribution is -2.48. The molecule has 2 aromatic carbocycles. The number of para-hydroxylation sites is 1. The molecule has 1 atom stereocenters. The molecule has 0 saturated carbocycles. The molecule has 0 amide bonds. The van der Waals surface area contributed by atoms with Crippen LogP contribution in [0.2, 0.25) is 0 Å². The number of rotatable bonds is 5. The van der Waals surface area contributed by atoms with E-state index in [1.54, 1.807) is 6.92 Å². The molecule has 0 aliphatic carbocycles. The van der Waals surface area contributed by atoms with Crippen LogP contribution in [-0.4, -0.2) is 23.7 Å². The molecule has 0 spiro atoms. The Hall–Kier alpha value is -2.86. The topological polar surface area (TPSA) is 59.6 Å². The van der Waals surface area contributed by atoms with Crippen molar-refractivity contribution < 1.29 is 14.3 Å². The largest absolute Gasteiger partial charge is 0.463 e. The van der Waals surface area contributed by atoms with E-state index in [2.05, 4.69) is 10.6 Å². The van der Waals surface area contributed by atoms with Gasteiger partial charge in [0.15, 0.2) is 5.11 Å². The third-order valence-corrected chi connectivity index (χ3v) is 4.11. The van der Waals surface area contributed by atoms with E-state index < -0.39 is 0 Å². The third-order valence-electron chi connectivity index (χ3n) is 3.89. The molecule has 1 aliphatic rings. The number of esters is 1. The van der Waals surface area contributed by atoms with Crippen LogP contribution in [-0.2, 0) is 9.53 Å². The molecule has 26 heavy (non-hydrogen) atoms. The Morgan fingerprint density at radius 1 is 1.12 bits per heavy atom. The Morgan fingerprint density at radius 3 is 2.58 bits per heavy atom. The van der Waals surface area contributed by atoms with Gasteiger partial charge in [-0.2, -0.15) is 0 Å². The first kappa shape index (κ1) is 17.9. The summed E-state index contributed by atoms with van der Waals surface area (Å²) in [6, 6.07) is 16.8. The number of carbonyl (C=O) groups excluding carboxylic acids is 1. The highest BCUT2D eigenvalue weighted by Gasteiger charge is 2.29. The quantitative estimate of drug-likeness (QED) is 0.621. The lowest BCUT2D eigenvalue weighted by molar-refractivity contribution is -0.138. The number of thiocarbonyl (C=S) groups is 1. The highest BCUT2D eigenvalue weighted by molar-refractivity contribution is 7.80. The van der Waals surface area contributed by atoms with Gasteiger partial charge >= 0.3 is 5.97 Å². The van der Waals surface area contributed by atoms with Crippen molar-refractivity contribution in [1.29, 1.82) is 0 Å². The Balaban J connectivity index is 1.99. The van der Waals surface area contributed by atoms with Crippen LogP contribution in [0.15, 0.2) is 60.2 Å². The predicted octanol–water partition coefficient (Wildman–Crippen LogP) is 3.62. The van der Waals surface area contributed by atoms with Gasteiger partial charge in [0.1, 0.15) is 11.5 Å². The number of hydrogen-bond donors (Lipinski definition) is 2. The first-order valence-electron chi connectivity index (χ1n) is 8.40. The normalized spacial score (nSPS) is 16.5. The predicted molar refractivity (Wildman–Crippen MR) is 105 cm³/mol. The fourth-order valence-corrected chi connectivity index (χ4v) is 3.04. The summed E-state index contributed by atoms with van der Waals surface area (Å²) in [5.41, 5.74) is 1.95. The van der Waals surface area contributed by atoms with Crippen molar-refractivity contribution in [3.8, 4) is 11.5 Å². The molecule has 134 valence electrons. The van der Waals surface area contributed by atoms with Crippen molar-refractivity contribution >= 4 is 29.0 Å². The van der Waals surface area contributed by atoms with Crippen LogP contribution in [0.3, 0.4) is 0 Å². The molecular formula is C20H20N2O3S. The van der Waals surface area contributed by atoms with Crippen molar-refractivity contribution in [2.24, 2.45) is 0 Å². The van der Waals surface area contributed by atoms with Gasteiger partial charge in [-0.25, -0.2) is 4.79 Å². The zero-order valence-electron chi connectivity index (χ0n) is 14.6. The molecular weight excluding hydrogens is 348 g/mol. The van der Waals surface area contributed by atoms with Crippen LogP contribution >= 0.6 is 12.2 Å². The van der Waals surface area contributed by atoms with Crippen molar-refractivity contribution in [1.82, 2.24) is 10.6 Å². The summed E-state index contributed by atoms with van der Waals surface area (Å²) in [5, 5.41) is 6.61. The molecule has 2 N–H and O–H groups in total. The number of ether oxygens (including phenoxy) is 2. The summed E-state index contributed by atoms with van der Waals surface area (Å²) in [4.78, 5) is 12.4. The second-order valence-corrected chi connectivity index (χ2v) is 6.18. The van der Waals surface area contributed by atoms with E-state index in [4.69, 9.17) is 21.7 Å². The van der Waals surface area contributed by atoms with Gasteiger partial charge in [-0.1, -0.05) is 30.3 Å². The molecule has 1 aliphatic heterocycles. The SMILES string of the molecule is CCOC(=O)C1=C(c2cccc(Oc3ccccc3)c2)NC(=S)N[C@@H]1C. The Kier molecular flexibility index (Phi) is 5.53. The second kappa shape index (κ2) is 8.01. The molecule has 3 rings (SSSR count). The second-order valence-electron chi connectivity index (χ2n) is 5.77. The molecule has 6 heteroatoms. The summed E-state index contributed by atoms with van der Waals surface area (Å²) in [7, 11) is 0. The van der Waals surface area contributed by atoms with Crippen molar-refractivity contribution in [3.63, 3.8) is 0 Å². The average molecular weight is 368 g/mol. The molecule has 0 fully saturated rings. The zero-order valence-corrected chi connectivity index (χ0v) is 15.4. The maximum absolute atomic E-state index is 12.4. The lowest BCUT2D eigenvalue weighted by atomic mass is 9.99. The van der Waals surface area contributed by atoms with Gasteiger partial charge in [0.2, 0.25) is 0 Å². The number of carbonyl (C=O) groups is 1. The van der Waals surface area contributed by atoms with E-state index in [9.17, 15) is 4.79 Å². The van der Waals surface area contributed by atoms with Gasteiger partial charge in [0.05, 0.1) is 23.9 Å². The van der Waals surface area contributed by atoms with Gasteiger partial charge in [-0.15, -0.1) is 0 Å². The van der Waals surface area contributed by atoms with Crippen LogP contribution in [0.25, 0.3) is 5.70 Å². The standard InChI is InChI=1S/C20H20N2O3S/c1-3-24-19(23)17-13(2)21-20(26)22-18(17)14-8-7-11-16(12-14)25-15-9-5-4-6-10-15/h4-13H,3H2,1-2H3,(H2,21,22,26)/t13-/m1/s1. The van der Waals surface area contributed by atoms with Crippen LogP contribution in [0.5, 0.6) is 11.5 Å². The fourth-order valence-electron chi connectivity index (χ4n) is 2.76. The monoisotopic (exact) mass is 368 g/mol. The molecule has 0 bridgehead atoms. The third kappa shape index (κ3) is 4.03. The maximum Gasteiger partial charge on any atom is 0.338 e. The molecule has 0 aromatic heterocycles. The summed E-state index contributed by atoms with van der Waals surface area (Å²) < 4.78 is 11.1. The fraction of sp³-hybridized carbons (Fsp3) is 0.200. The van der Waals surface area contributed by atoms with Crippen LogP contribution in [0, 0.1) is 0 Å². The Bertz CT molecular complexity index is 849. The van der Waals surface area contributed by atoms with Crippen molar-refractivity contribution in [2.75, 3.05) is 6.61 Å². The lowest BCUT2D eigenvalue weighted by Gasteiger charge is -2.28. The molecule has 5 nitrogen and oxygen atoms in total. The van der Waals surface area contributed by atoms with E-state index in [0.29, 0.717) is 28.7 Å². The van der Waals surface area contributed by atoms with Crippen molar-refractivity contribution in [2.45, 2.75) is 19.9 Å². The minimum atomic E-state index is -0.369. The summed E-state index contributed by atoms with van der Waals surface area (Å²) in [5.74, 6) is 1.04. The van der Waals surface area contributed by atoms with E-state index in [1.807, 2.05) is 61.5 Å². The summed E-state index contributed by atoms with van der Waals surface area (Å²) >= 11 is 5.26. The first-order valence-corrected chi connectivity index (χ1v) is 8.81. The maximum atomic E-state index is 12.4. The first-order chi connectivity index (χ1) is 12.6. The van der Waals surface area contributed by atoms with Crippen molar-refractivity contribution in [3.05, 3.63) is 65.7 Å². The average Bonchev–Trinajstić information content (AvgIpc) is 2.62. The Labute approximate surface area is 158 Å². The van der Waals surface area contributed by atoms with Gasteiger partial charge in [0, 0.05) is 5.56 Å². The van der Waals surface area contributed by atoms with E-state index >= 15 is 0 Å². The highest BCUT2D eigenvalue weighted by atomic mass is 32.1. The highest BCUT2D eigenvalue weighted by Crippen LogP contribution is 2.28. The minimum Gasteiger partial charge on any atom is -0.463 e. The van der Waals surface area contributed by atoms with Crippen LogP contribution in [0.1, 0.15) is 19.4 Å². The van der Waals surface area contributed by atoms with E-state index in [-0.39, 0.29) is 12.0 Å². The molecule has 2 aromatic rings.